The maximum Gasteiger partial charge on any atom is 0.417 e. The van der Waals surface area contributed by atoms with Crippen LogP contribution in [0.2, 0.25) is 0 Å². The number of allylic oxidation sites excluding steroid dienone is 1. The van der Waals surface area contributed by atoms with E-state index in [0.29, 0.717) is 32.4 Å². The number of alkyl halides is 3. The molecule has 1 aromatic rings. The van der Waals surface area contributed by atoms with E-state index >= 15 is 0 Å². The van der Waals surface area contributed by atoms with E-state index in [1.165, 1.54) is 19.0 Å². The summed E-state index contributed by atoms with van der Waals surface area (Å²) in [6.45, 7) is 0.883. The topological polar surface area (TPSA) is 185 Å². The van der Waals surface area contributed by atoms with Crippen LogP contribution in [0.25, 0.3) is 0 Å². The number of aliphatic hydroxyl groups excluding tert-OH is 3. The van der Waals surface area contributed by atoms with Crippen molar-refractivity contribution in [1.29, 1.82) is 0 Å². The molecule has 44 heavy (non-hydrogen) atoms. The lowest BCUT2D eigenvalue weighted by atomic mass is 9.58. The molecular formula is C30H36F3N3O8. The van der Waals surface area contributed by atoms with E-state index in [0.717, 1.165) is 6.07 Å². The SMILES string of the molecule is CN(C)[C@@H]1C(O)=C(C(N)=O)C(=O)[C@@]2(O)C(O)=C3C(=O)c4c(O)cc(CN5CCC(CCO)CC5)c(C(F)(F)F)c4C[C@H]3C[C@@H]12. The molecule has 240 valence electrons. The van der Waals surface area contributed by atoms with Crippen molar-refractivity contribution in [2.45, 2.75) is 56.5 Å². The zero-order valence-corrected chi connectivity index (χ0v) is 24.3. The van der Waals surface area contributed by atoms with Crippen molar-refractivity contribution in [3.05, 3.63) is 51.0 Å². The molecule has 1 heterocycles. The number of amides is 1. The second kappa shape index (κ2) is 11.2. The van der Waals surface area contributed by atoms with E-state index in [-0.39, 0.29) is 31.1 Å². The van der Waals surface area contributed by atoms with E-state index in [4.69, 9.17) is 5.73 Å². The number of hydrogen-bond acceptors (Lipinski definition) is 10. The number of likely N-dealkylation sites (N-methyl/N-ethyl adjacent to an activating group) is 1. The van der Waals surface area contributed by atoms with Crippen molar-refractivity contribution < 1.29 is 53.1 Å². The average Bonchev–Trinajstić information content (AvgIpc) is 2.90. The van der Waals surface area contributed by atoms with Gasteiger partial charge in [0.25, 0.3) is 5.91 Å². The van der Waals surface area contributed by atoms with Gasteiger partial charge in [0, 0.05) is 24.6 Å². The average molecular weight is 624 g/mol. The van der Waals surface area contributed by atoms with Crippen molar-refractivity contribution in [3.8, 4) is 5.75 Å². The Kier molecular flexibility index (Phi) is 8.10. The zero-order valence-electron chi connectivity index (χ0n) is 24.3. The first-order valence-electron chi connectivity index (χ1n) is 14.5. The van der Waals surface area contributed by atoms with E-state index in [1.807, 2.05) is 4.90 Å². The van der Waals surface area contributed by atoms with Crippen molar-refractivity contribution in [2.75, 3.05) is 33.8 Å². The smallest absolute Gasteiger partial charge is 0.417 e. The molecule has 1 fully saturated rings. The van der Waals surface area contributed by atoms with Crippen LogP contribution in [0.4, 0.5) is 13.2 Å². The van der Waals surface area contributed by atoms with Crippen LogP contribution in [0.15, 0.2) is 28.7 Å². The van der Waals surface area contributed by atoms with Crippen LogP contribution >= 0.6 is 0 Å². The third-order valence-corrected chi connectivity index (χ3v) is 9.73. The number of carbonyl (C=O) groups is 3. The number of Topliss-reactive ketones (excluding diaryl/α,β-unsaturated/α-hetero) is 2. The normalized spacial score (nSPS) is 28.3. The van der Waals surface area contributed by atoms with Crippen molar-refractivity contribution in [2.24, 2.45) is 23.5 Å². The zero-order chi connectivity index (χ0) is 32.5. The van der Waals surface area contributed by atoms with Gasteiger partial charge >= 0.3 is 6.18 Å². The molecule has 4 aliphatic rings. The molecule has 1 saturated heterocycles. The standard InChI is InChI=1S/C30H36F3N3O8/c1-35(2)23-17-10-14-9-16-20(24(39)19(14)26(41)29(17,44)27(42)21(25(23)40)28(34)43)18(38)11-15(22(16)30(31,32)33)12-36-6-3-13(4-7-36)5-8-37/h11,13-14,17,23,37-38,40-41,44H,3-10,12H2,1-2H3,(H2,34,43)/t14-,17-,23-,29-/m0/s1. The second-order valence-electron chi connectivity index (χ2n) is 12.5. The lowest BCUT2D eigenvalue weighted by Gasteiger charge is -2.50. The van der Waals surface area contributed by atoms with Gasteiger partial charge < -0.3 is 31.3 Å². The predicted molar refractivity (Wildman–Crippen MR) is 148 cm³/mol. The lowest BCUT2D eigenvalue weighted by molar-refractivity contribution is -0.148. The van der Waals surface area contributed by atoms with E-state index < -0.39 is 98.7 Å². The number of piperidine rings is 1. The van der Waals surface area contributed by atoms with Gasteiger partial charge in [0.2, 0.25) is 5.78 Å². The van der Waals surface area contributed by atoms with Crippen LogP contribution < -0.4 is 5.73 Å². The largest absolute Gasteiger partial charge is 0.510 e. The van der Waals surface area contributed by atoms with Gasteiger partial charge in [-0.2, -0.15) is 13.2 Å². The highest BCUT2D eigenvalue weighted by atomic mass is 19.4. The number of aliphatic hydroxyl groups is 4. The summed E-state index contributed by atoms with van der Waals surface area (Å²) in [5.41, 5.74) is -1.44. The van der Waals surface area contributed by atoms with Crippen LogP contribution in [0.1, 0.15) is 52.7 Å². The molecule has 0 aromatic heterocycles. The number of fused-ring (bicyclic) bond motifs is 3. The molecule has 1 aliphatic heterocycles. The summed E-state index contributed by atoms with van der Waals surface area (Å²) in [7, 11) is 2.93. The molecule has 0 spiro atoms. The van der Waals surface area contributed by atoms with Gasteiger partial charge in [-0.15, -0.1) is 0 Å². The van der Waals surface area contributed by atoms with E-state index in [9.17, 15) is 53.1 Å². The van der Waals surface area contributed by atoms with Gasteiger partial charge in [-0.05, 0) is 88.3 Å². The number of nitrogens with zero attached hydrogens (tertiary/aromatic N) is 2. The first-order chi connectivity index (χ1) is 20.5. The molecule has 4 atom stereocenters. The fourth-order valence-corrected chi connectivity index (χ4v) is 7.72. The van der Waals surface area contributed by atoms with Crippen LogP contribution in [-0.2, 0) is 28.7 Å². The number of ketones is 2. The number of aromatic hydroxyl groups is 1. The summed E-state index contributed by atoms with van der Waals surface area (Å²) >= 11 is 0. The second-order valence-corrected chi connectivity index (χ2v) is 12.5. The number of primary amides is 1. The summed E-state index contributed by atoms with van der Waals surface area (Å²) in [5.74, 6) is -8.80. The Morgan fingerprint density at radius 2 is 1.80 bits per heavy atom. The Morgan fingerprint density at radius 3 is 2.34 bits per heavy atom. The van der Waals surface area contributed by atoms with Crippen molar-refractivity contribution in [3.63, 3.8) is 0 Å². The number of likely N-dealkylation sites (tertiary alicyclic amines) is 1. The number of nitrogens with two attached hydrogens (primary N) is 1. The van der Waals surface area contributed by atoms with Crippen LogP contribution in [-0.4, -0.2) is 98.2 Å². The third kappa shape index (κ3) is 4.88. The first-order valence-corrected chi connectivity index (χ1v) is 14.5. The minimum absolute atomic E-state index is 0.0344. The maximum atomic E-state index is 14.8. The molecule has 0 saturated carbocycles. The summed E-state index contributed by atoms with van der Waals surface area (Å²) in [4.78, 5) is 42.5. The molecule has 0 radical (unpaired) electrons. The predicted octanol–water partition coefficient (Wildman–Crippen LogP) is 1.73. The van der Waals surface area contributed by atoms with Gasteiger partial charge in [0.1, 0.15) is 22.8 Å². The molecular weight excluding hydrogens is 587 g/mol. The Balaban J connectivity index is 1.62. The fraction of sp³-hybridized carbons (Fsp3) is 0.567. The van der Waals surface area contributed by atoms with Crippen LogP contribution in [0.3, 0.4) is 0 Å². The third-order valence-electron chi connectivity index (χ3n) is 9.73. The molecule has 11 nitrogen and oxygen atoms in total. The van der Waals surface area contributed by atoms with Crippen molar-refractivity contribution >= 4 is 17.5 Å². The summed E-state index contributed by atoms with van der Waals surface area (Å²) in [6, 6.07) is -0.353. The highest BCUT2D eigenvalue weighted by molar-refractivity contribution is 6.24. The molecule has 1 amide bonds. The number of halogens is 3. The van der Waals surface area contributed by atoms with Gasteiger partial charge in [-0.1, -0.05) is 0 Å². The molecule has 0 unspecified atom stereocenters. The number of phenols is 1. The van der Waals surface area contributed by atoms with Gasteiger partial charge in [-0.25, -0.2) is 0 Å². The molecule has 14 heteroatoms. The highest BCUT2D eigenvalue weighted by Crippen LogP contribution is 2.54. The lowest BCUT2D eigenvalue weighted by Crippen LogP contribution is -2.63. The quantitative estimate of drug-likeness (QED) is 0.255. The number of carbonyl (C=O) groups excluding carboxylic acids is 3. The minimum atomic E-state index is -4.91. The fourth-order valence-electron chi connectivity index (χ4n) is 7.72. The summed E-state index contributed by atoms with van der Waals surface area (Å²) in [6.07, 6.45) is -3.67. The van der Waals surface area contributed by atoms with E-state index in [2.05, 4.69) is 0 Å². The Morgan fingerprint density at radius 1 is 1.16 bits per heavy atom. The maximum absolute atomic E-state index is 14.8. The Labute approximate surface area is 251 Å². The van der Waals surface area contributed by atoms with Gasteiger partial charge in [-0.3, -0.25) is 24.2 Å². The Bertz CT molecular complexity index is 1480. The molecule has 0 bridgehead atoms. The Hall–Kier alpha value is -3.46. The van der Waals surface area contributed by atoms with Crippen LogP contribution in [0.5, 0.6) is 5.75 Å². The number of phenolic OH excluding ortho intramolecular Hbond substituents is 1. The van der Waals surface area contributed by atoms with Gasteiger partial charge in [0.05, 0.1) is 17.2 Å². The van der Waals surface area contributed by atoms with E-state index in [1.54, 1.807) is 0 Å². The van der Waals surface area contributed by atoms with Crippen molar-refractivity contribution in [1.82, 2.24) is 9.80 Å². The first kappa shape index (κ1) is 31.9. The number of hydrogen-bond donors (Lipinski definition) is 6. The minimum Gasteiger partial charge on any atom is -0.510 e. The summed E-state index contributed by atoms with van der Waals surface area (Å²) < 4.78 is 44.3. The van der Waals surface area contributed by atoms with Crippen LogP contribution in [0, 0.1) is 17.8 Å². The molecule has 3 aliphatic carbocycles. The molecule has 1 aromatic carbocycles. The number of rotatable bonds is 6. The molecule has 5 rings (SSSR count). The van der Waals surface area contributed by atoms with Gasteiger partial charge in [0.15, 0.2) is 11.4 Å². The highest BCUT2D eigenvalue weighted by Gasteiger charge is 2.63. The monoisotopic (exact) mass is 623 g/mol. The summed E-state index contributed by atoms with van der Waals surface area (Å²) in [5, 5.41) is 54.0. The molecule has 7 N–H and O–H groups in total. The number of benzene rings is 1.